The van der Waals surface area contributed by atoms with Crippen LogP contribution in [0, 0.1) is 5.82 Å². The van der Waals surface area contributed by atoms with E-state index in [0.29, 0.717) is 27.3 Å². The molecule has 0 saturated heterocycles. The van der Waals surface area contributed by atoms with Crippen LogP contribution < -0.4 is 11.1 Å². The largest absolute Gasteiger partial charge is 0.433 e. The molecule has 4 aromatic rings. The Morgan fingerprint density at radius 3 is 2.43 bits per heavy atom. The number of hydrogen-bond donors (Lipinski definition) is 2. The fourth-order valence-corrected chi connectivity index (χ4v) is 3.83. The summed E-state index contributed by atoms with van der Waals surface area (Å²) in [6.07, 6.45) is -4.58. The second-order valence-electron chi connectivity index (χ2n) is 6.74. The van der Waals surface area contributed by atoms with Gasteiger partial charge in [-0.3, -0.25) is 0 Å². The maximum absolute atomic E-state index is 13.3. The van der Waals surface area contributed by atoms with Gasteiger partial charge in [0, 0.05) is 11.6 Å². The van der Waals surface area contributed by atoms with Gasteiger partial charge in [-0.15, -0.1) is 0 Å². The van der Waals surface area contributed by atoms with E-state index in [4.69, 9.17) is 5.73 Å². The van der Waals surface area contributed by atoms with Crippen molar-refractivity contribution in [2.45, 2.75) is 19.1 Å². The number of nitrogens with zero attached hydrogens (tertiary/aromatic N) is 2. The third-order valence-corrected chi connectivity index (χ3v) is 5.49. The summed E-state index contributed by atoms with van der Waals surface area (Å²) in [5, 5.41) is 3.45. The zero-order valence-electron chi connectivity index (χ0n) is 15.7. The highest BCUT2D eigenvalue weighted by molar-refractivity contribution is 7.22. The molecule has 0 bridgehead atoms. The highest BCUT2D eigenvalue weighted by Gasteiger charge is 2.33. The Hall–Kier alpha value is -3.20. The molecular weight excluding hydrogens is 416 g/mol. The Kier molecular flexibility index (Phi) is 5.07. The smallest absolute Gasteiger partial charge is 0.375 e. The zero-order chi connectivity index (χ0) is 21.5. The molecule has 2 heterocycles. The number of thiazole rings is 1. The number of alkyl halides is 3. The highest BCUT2D eigenvalue weighted by Crippen LogP contribution is 2.36. The number of fused-ring (bicyclic) bond motifs is 1. The lowest BCUT2D eigenvalue weighted by Crippen LogP contribution is -2.13. The summed E-state index contributed by atoms with van der Waals surface area (Å²) < 4.78 is 53.9. The number of nitrogens with one attached hydrogen (secondary N) is 1. The average molecular weight is 432 g/mol. The molecule has 0 saturated carbocycles. The summed E-state index contributed by atoms with van der Waals surface area (Å²) in [4.78, 5) is 8.08. The minimum absolute atomic E-state index is 0.0733. The first-order chi connectivity index (χ1) is 14.2. The van der Waals surface area contributed by atoms with Crippen LogP contribution in [-0.2, 0) is 6.18 Å². The van der Waals surface area contributed by atoms with Gasteiger partial charge in [0.25, 0.3) is 0 Å². The molecular formula is C21H16F4N4S. The Balaban J connectivity index is 1.77. The lowest BCUT2D eigenvalue weighted by Gasteiger charge is -2.19. The van der Waals surface area contributed by atoms with Gasteiger partial charge in [0.1, 0.15) is 17.3 Å². The van der Waals surface area contributed by atoms with Crippen molar-refractivity contribution >= 4 is 32.5 Å². The summed E-state index contributed by atoms with van der Waals surface area (Å²) in [5.74, 6) is -0.316. The molecule has 0 radical (unpaired) electrons. The second-order valence-corrected chi connectivity index (χ2v) is 7.80. The fraction of sp³-hybridized carbons (Fsp3) is 0.143. The molecule has 4 rings (SSSR count). The standard InChI is InChI=1S/C21H16F4N4S/c1-11(12-2-5-14(22)6-3-12)27-19-15(7-9-18(29-19)21(23,24)25)13-4-8-17-16(10-13)28-20(26)30-17/h2-11H,1H3,(H2,26,28)(H,27,29). The maximum atomic E-state index is 13.3. The van der Waals surface area contributed by atoms with Gasteiger partial charge in [-0.1, -0.05) is 29.5 Å². The van der Waals surface area contributed by atoms with Gasteiger partial charge in [0.05, 0.1) is 10.2 Å². The van der Waals surface area contributed by atoms with Crippen molar-refractivity contribution in [3.63, 3.8) is 0 Å². The Labute approximate surface area is 173 Å². The maximum Gasteiger partial charge on any atom is 0.433 e. The van der Waals surface area contributed by atoms with Gasteiger partial charge in [-0.05, 0) is 54.4 Å². The highest BCUT2D eigenvalue weighted by atomic mass is 32.1. The quantitative estimate of drug-likeness (QED) is 0.373. The van der Waals surface area contributed by atoms with E-state index in [-0.39, 0.29) is 11.6 Å². The second kappa shape index (κ2) is 7.56. The van der Waals surface area contributed by atoms with Gasteiger partial charge in [-0.25, -0.2) is 14.4 Å². The van der Waals surface area contributed by atoms with E-state index in [9.17, 15) is 17.6 Å². The average Bonchev–Trinajstić information content (AvgIpc) is 3.07. The van der Waals surface area contributed by atoms with E-state index >= 15 is 0 Å². The number of hydrogen-bond acceptors (Lipinski definition) is 5. The summed E-state index contributed by atoms with van der Waals surface area (Å²) in [5.41, 5.74) is 7.27. The first-order valence-electron chi connectivity index (χ1n) is 8.97. The molecule has 9 heteroatoms. The molecule has 4 nitrogen and oxygen atoms in total. The van der Waals surface area contributed by atoms with E-state index in [1.54, 1.807) is 31.2 Å². The summed E-state index contributed by atoms with van der Waals surface area (Å²) in [6.45, 7) is 1.77. The van der Waals surface area contributed by atoms with Crippen molar-refractivity contribution in [1.82, 2.24) is 9.97 Å². The summed E-state index contributed by atoms with van der Waals surface area (Å²) in [7, 11) is 0. The van der Waals surface area contributed by atoms with E-state index < -0.39 is 17.9 Å². The summed E-state index contributed by atoms with van der Waals surface area (Å²) in [6, 6.07) is 13.0. The van der Waals surface area contributed by atoms with Crippen molar-refractivity contribution < 1.29 is 17.6 Å². The first kappa shape index (κ1) is 20.1. The topological polar surface area (TPSA) is 63.8 Å². The molecule has 0 fully saturated rings. The molecule has 1 unspecified atom stereocenters. The SMILES string of the molecule is CC(Nc1nc(C(F)(F)F)ccc1-c1ccc2sc(N)nc2c1)c1ccc(F)cc1. The van der Waals surface area contributed by atoms with Gasteiger partial charge in [-0.2, -0.15) is 13.2 Å². The van der Waals surface area contributed by atoms with E-state index in [1.807, 2.05) is 6.07 Å². The van der Waals surface area contributed by atoms with Crippen molar-refractivity contribution in [2.24, 2.45) is 0 Å². The molecule has 0 amide bonds. The zero-order valence-corrected chi connectivity index (χ0v) is 16.5. The number of rotatable bonds is 4. The van der Waals surface area contributed by atoms with E-state index in [2.05, 4.69) is 15.3 Å². The van der Waals surface area contributed by atoms with Crippen LogP contribution in [0.3, 0.4) is 0 Å². The Morgan fingerprint density at radius 1 is 1.00 bits per heavy atom. The third kappa shape index (κ3) is 4.06. The predicted octanol–water partition coefficient (Wildman–Crippen LogP) is 6.27. The van der Waals surface area contributed by atoms with Crippen LogP contribution >= 0.6 is 11.3 Å². The van der Waals surface area contributed by atoms with Crippen molar-refractivity contribution in [2.75, 3.05) is 11.1 Å². The molecule has 2 aromatic carbocycles. The number of aromatic nitrogens is 2. The number of nitrogen functional groups attached to an aromatic ring is 1. The molecule has 2 aromatic heterocycles. The van der Waals surface area contributed by atoms with Crippen molar-refractivity contribution in [1.29, 1.82) is 0 Å². The van der Waals surface area contributed by atoms with Gasteiger partial charge >= 0.3 is 6.18 Å². The monoisotopic (exact) mass is 432 g/mol. The van der Waals surface area contributed by atoms with Crippen LogP contribution in [0.4, 0.5) is 28.5 Å². The number of nitrogens with two attached hydrogens (primary N) is 1. The number of benzene rings is 2. The van der Waals surface area contributed by atoms with E-state index in [0.717, 1.165) is 10.8 Å². The third-order valence-electron chi connectivity index (χ3n) is 4.62. The summed E-state index contributed by atoms with van der Waals surface area (Å²) >= 11 is 1.33. The van der Waals surface area contributed by atoms with Gasteiger partial charge < -0.3 is 11.1 Å². The molecule has 0 aliphatic rings. The van der Waals surface area contributed by atoms with Crippen LogP contribution in [0.25, 0.3) is 21.3 Å². The molecule has 154 valence electrons. The lowest BCUT2D eigenvalue weighted by molar-refractivity contribution is -0.141. The Bertz CT molecular complexity index is 1200. The molecule has 0 aliphatic carbocycles. The van der Waals surface area contributed by atoms with Crippen LogP contribution in [-0.4, -0.2) is 9.97 Å². The Morgan fingerprint density at radius 2 is 1.73 bits per heavy atom. The first-order valence-corrected chi connectivity index (χ1v) is 9.79. The van der Waals surface area contributed by atoms with Crippen LogP contribution in [0.15, 0.2) is 54.6 Å². The minimum Gasteiger partial charge on any atom is -0.375 e. The van der Waals surface area contributed by atoms with Crippen LogP contribution in [0.5, 0.6) is 0 Å². The number of anilines is 2. The van der Waals surface area contributed by atoms with Gasteiger partial charge in [0.15, 0.2) is 5.13 Å². The molecule has 3 N–H and O–H groups in total. The predicted molar refractivity (Wildman–Crippen MR) is 111 cm³/mol. The number of halogens is 4. The van der Waals surface area contributed by atoms with Gasteiger partial charge in [0.2, 0.25) is 0 Å². The van der Waals surface area contributed by atoms with Crippen molar-refractivity contribution in [3.8, 4) is 11.1 Å². The number of pyridine rings is 1. The fourth-order valence-electron chi connectivity index (χ4n) is 3.11. The molecule has 30 heavy (non-hydrogen) atoms. The lowest BCUT2D eigenvalue weighted by atomic mass is 10.0. The normalized spacial score (nSPS) is 12.8. The van der Waals surface area contributed by atoms with Crippen LogP contribution in [0.2, 0.25) is 0 Å². The molecule has 0 spiro atoms. The molecule has 1 atom stereocenters. The van der Waals surface area contributed by atoms with Crippen molar-refractivity contribution in [3.05, 3.63) is 71.7 Å². The van der Waals surface area contributed by atoms with E-state index in [1.165, 1.54) is 29.5 Å². The van der Waals surface area contributed by atoms with Crippen LogP contribution in [0.1, 0.15) is 24.2 Å². The minimum atomic E-state index is -4.58. The molecule has 0 aliphatic heterocycles.